The van der Waals surface area contributed by atoms with E-state index in [1.165, 1.54) is 12.1 Å². The Bertz CT molecular complexity index is 1470. The maximum absolute atomic E-state index is 11.0. The number of ether oxygens (including phenoxy) is 2. The molecule has 0 aliphatic heterocycles. The minimum absolute atomic E-state index is 0.00974. The van der Waals surface area contributed by atoms with Gasteiger partial charge in [0.05, 0.1) is 23.2 Å². The molecule has 4 rings (SSSR count). The van der Waals surface area contributed by atoms with Crippen LogP contribution in [0, 0.1) is 21.4 Å². The fourth-order valence-corrected chi connectivity index (χ4v) is 4.09. The van der Waals surface area contributed by atoms with Gasteiger partial charge in [-0.3, -0.25) is 10.1 Å². The smallest absolute Gasteiger partial charge is 0.269 e. The fraction of sp³-hybridized carbons (Fsp3) is 0.107. The fourth-order valence-electron chi connectivity index (χ4n) is 3.66. The number of nitro groups is 1. The zero-order valence-corrected chi connectivity index (χ0v) is 20.5. The maximum Gasteiger partial charge on any atom is 0.269 e. The summed E-state index contributed by atoms with van der Waals surface area (Å²) in [7, 11) is 0. The minimum Gasteiger partial charge on any atom is -0.490 e. The average Bonchev–Trinajstić information content (AvgIpc) is 2.87. The van der Waals surface area contributed by atoms with Crippen molar-refractivity contribution in [1.29, 1.82) is 5.26 Å². The molecule has 0 heterocycles. The molecule has 0 saturated carbocycles. The molecule has 0 radical (unpaired) electrons. The summed E-state index contributed by atoms with van der Waals surface area (Å²) in [4.78, 5) is 10.6. The monoisotopic (exact) mass is 528 g/mol. The van der Waals surface area contributed by atoms with Crippen LogP contribution in [0.5, 0.6) is 11.5 Å². The molecule has 35 heavy (non-hydrogen) atoms. The van der Waals surface area contributed by atoms with Gasteiger partial charge in [0.15, 0.2) is 11.5 Å². The number of allylic oxidation sites excluding steroid dienone is 1. The molecule has 4 aromatic rings. The molecule has 0 N–H and O–H groups in total. The Morgan fingerprint density at radius 1 is 1.00 bits per heavy atom. The first-order valence-corrected chi connectivity index (χ1v) is 11.7. The first-order valence-electron chi connectivity index (χ1n) is 10.9. The van der Waals surface area contributed by atoms with Crippen molar-refractivity contribution in [3.05, 3.63) is 110 Å². The third kappa shape index (κ3) is 5.68. The van der Waals surface area contributed by atoms with Crippen LogP contribution in [0.25, 0.3) is 22.4 Å². The van der Waals surface area contributed by atoms with Crippen LogP contribution in [0.4, 0.5) is 5.69 Å². The van der Waals surface area contributed by atoms with Crippen molar-refractivity contribution in [2.75, 3.05) is 6.61 Å². The van der Waals surface area contributed by atoms with Crippen LogP contribution in [0.15, 0.2) is 83.3 Å². The first kappa shape index (κ1) is 24.0. The summed E-state index contributed by atoms with van der Waals surface area (Å²) in [5, 5.41) is 23.1. The molecule has 0 aliphatic rings. The zero-order chi connectivity index (χ0) is 24.8. The van der Waals surface area contributed by atoms with Gasteiger partial charge in [0, 0.05) is 16.6 Å². The molecule has 7 heteroatoms. The quantitative estimate of drug-likeness (QED) is 0.102. The number of nitro benzene ring substituents is 1. The Kier molecular flexibility index (Phi) is 7.44. The summed E-state index contributed by atoms with van der Waals surface area (Å²) in [6.07, 6.45) is 1.81. The highest BCUT2D eigenvalue weighted by Gasteiger charge is 2.13. The Morgan fingerprint density at radius 2 is 1.77 bits per heavy atom. The number of benzene rings is 4. The molecule has 0 atom stereocenters. The van der Waals surface area contributed by atoms with E-state index in [2.05, 4.69) is 22.0 Å². The molecule has 0 aliphatic carbocycles. The van der Waals surface area contributed by atoms with E-state index in [0.29, 0.717) is 29.2 Å². The van der Waals surface area contributed by atoms with Crippen LogP contribution >= 0.6 is 15.9 Å². The van der Waals surface area contributed by atoms with Crippen molar-refractivity contribution in [2.45, 2.75) is 13.5 Å². The van der Waals surface area contributed by atoms with Crippen LogP contribution in [0.1, 0.15) is 23.6 Å². The standard InChI is InChI=1S/C28H21BrN2O4/c1-2-34-27-15-23(14-24(17-30)22-11-10-20-7-3-4-8-21(20)13-22)26(29)16-28(27)35-18-19-6-5-9-25(12-19)31(32)33/h3-16H,2,18H2,1H3/b24-14-. The van der Waals surface area contributed by atoms with Crippen LogP contribution in [-0.2, 0) is 6.61 Å². The SMILES string of the molecule is CCOc1cc(/C=C(/C#N)c2ccc3ccccc3c2)c(Br)cc1OCc1cccc([N+](=O)[O-])c1. The maximum atomic E-state index is 11.0. The molecular weight excluding hydrogens is 508 g/mol. The summed E-state index contributed by atoms with van der Waals surface area (Å²) < 4.78 is 12.5. The van der Waals surface area contributed by atoms with Crippen LogP contribution in [-0.4, -0.2) is 11.5 Å². The van der Waals surface area contributed by atoms with Crippen molar-refractivity contribution in [3.63, 3.8) is 0 Å². The third-order valence-corrected chi connectivity index (χ3v) is 6.05. The molecule has 0 spiro atoms. The van der Waals surface area contributed by atoms with Gasteiger partial charge in [-0.05, 0) is 58.7 Å². The van der Waals surface area contributed by atoms with E-state index in [0.717, 1.165) is 26.4 Å². The van der Waals surface area contributed by atoms with Crippen LogP contribution < -0.4 is 9.47 Å². The lowest BCUT2D eigenvalue weighted by Gasteiger charge is -2.14. The van der Waals surface area contributed by atoms with Gasteiger partial charge in [0.1, 0.15) is 6.61 Å². The van der Waals surface area contributed by atoms with E-state index in [-0.39, 0.29) is 12.3 Å². The topological polar surface area (TPSA) is 85.4 Å². The summed E-state index contributed by atoms with van der Waals surface area (Å²) in [6, 6.07) is 26.2. The number of hydrogen-bond donors (Lipinski definition) is 0. The van der Waals surface area contributed by atoms with E-state index in [1.54, 1.807) is 24.3 Å². The van der Waals surface area contributed by atoms with E-state index in [1.807, 2.05) is 55.5 Å². The van der Waals surface area contributed by atoms with Crippen molar-refractivity contribution in [2.24, 2.45) is 0 Å². The van der Waals surface area contributed by atoms with Crippen LogP contribution in [0.3, 0.4) is 0 Å². The summed E-state index contributed by atoms with van der Waals surface area (Å²) >= 11 is 3.58. The van der Waals surface area contributed by atoms with Crippen molar-refractivity contribution in [3.8, 4) is 17.6 Å². The number of hydrogen-bond acceptors (Lipinski definition) is 5. The molecule has 0 aromatic heterocycles. The van der Waals surface area contributed by atoms with Crippen molar-refractivity contribution in [1.82, 2.24) is 0 Å². The summed E-state index contributed by atoms with van der Waals surface area (Å²) in [5.41, 5.74) is 2.78. The van der Waals surface area contributed by atoms with Gasteiger partial charge in [-0.15, -0.1) is 0 Å². The second kappa shape index (κ2) is 10.9. The number of nitriles is 1. The second-order valence-corrected chi connectivity index (χ2v) is 8.56. The van der Waals surface area contributed by atoms with Gasteiger partial charge in [-0.25, -0.2) is 0 Å². The lowest BCUT2D eigenvalue weighted by atomic mass is 10.00. The van der Waals surface area contributed by atoms with E-state index in [4.69, 9.17) is 9.47 Å². The van der Waals surface area contributed by atoms with Crippen LogP contribution in [0.2, 0.25) is 0 Å². The largest absolute Gasteiger partial charge is 0.490 e. The molecular formula is C28H21BrN2O4. The van der Waals surface area contributed by atoms with Crippen molar-refractivity contribution >= 4 is 44.0 Å². The summed E-state index contributed by atoms with van der Waals surface area (Å²) in [5.74, 6) is 1.01. The summed E-state index contributed by atoms with van der Waals surface area (Å²) in [6.45, 7) is 2.44. The second-order valence-electron chi connectivity index (χ2n) is 7.70. The van der Waals surface area contributed by atoms with Gasteiger partial charge in [-0.2, -0.15) is 5.26 Å². The molecule has 4 aromatic carbocycles. The number of non-ortho nitro benzene ring substituents is 1. The van der Waals surface area contributed by atoms with Gasteiger partial charge in [-0.1, -0.05) is 64.5 Å². The lowest BCUT2D eigenvalue weighted by molar-refractivity contribution is -0.384. The number of fused-ring (bicyclic) bond motifs is 1. The highest BCUT2D eigenvalue weighted by atomic mass is 79.9. The molecule has 174 valence electrons. The van der Waals surface area contributed by atoms with Gasteiger partial charge >= 0.3 is 0 Å². The Balaban J connectivity index is 1.64. The van der Waals surface area contributed by atoms with E-state index in [9.17, 15) is 15.4 Å². The molecule has 0 saturated heterocycles. The van der Waals surface area contributed by atoms with Gasteiger partial charge in [0.2, 0.25) is 0 Å². The molecule has 0 bridgehead atoms. The normalized spacial score (nSPS) is 11.2. The highest BCUT2D eigenvalue weighted by molar-refractivity contribution is 9.10. The first-order chi connectivity index (χ1) is 17.0. The van der Waals surface area contributed by atoms with Gasteiger partial charge in [0.25, 0.3) is 5.69 Å². The van der Waals surface area contributed by atoms with E-state index < -0.39 is 4.92 Å². The highest BCUT2D eigenvalue weighted by Crippen LogP contribution is 2.36. The lowest BCUT2D eigenvalue weighted by Crippen LogP contribution is -2.01. The van der Waals surface area contributed by atoms with Crippen molar-refractivity contribution < 1.29 is 14.4 Å². The Hall–Kier alpha value is -4.15. The molecule has 0 unspecified atom stereocenters. The average molecular weight is 529 g/mol. The molecule has 0 amide bonds. The molecule has 0 fully saturated rings. The third-order valence-electron chi connectivity index (χ3n) is 5.36. The number of rotatable bonds is 8. The van der Waals surface area contributed by atoms with Gasteiger partial charge < -0.3 is 9.47 Å². The molecule has 6 nitrogen and oxygen atoms in total. The number of halogens is 1. The van der Waals surface area contributed by atoms with E-state index >= 15 is 0 Å². The Morgan fingerprint density at radius 3 is 2.51 bits per heavy atom. The predicted molar refractivity (Wildman–Crippen MR) is 140 cm³/mol. The zero-order valence-electron chi connectivity index (χ0n) is 18.9. The Labute approximate surface area is 211 Å². The minimum atomic E-state index is -0.435. The predicted octanol–water partition coefficient (Wildman–Crippen LogP) is 7.55. The number of nitrogens with zero attached hydrogens (tertiary/aromatic N) is 2.